The van der Waals surface area contributed by atoms with Gasteiger partial charge in [0, 0.05) is 0 Å². The van der Waals surface area contributed by atoms with Crippen LogP contribution in [0.3, 0.4) is 0 Å². The summed E-state index contributed by atoms with van der Waals surface area (Å²) in [7, 11) is 0. The fourth-order valence-electron chi connectivity index (χ4n) is 3.33. The standard InChI is InChI=1S/C6HF4.3C4H9.Sn/c7-3-1-4(8)6(10)2-5(3)9;3*1-3-4-2;/h1H;3*1,3-4H2,2H3;. The van der Waals surface area contributed by atoms with Crippen molar-refractivity contribution >= 4 is 22.0 Å². The number of halogens is 4. The van der Waals surface area contributed by atoms with E-state index in [-0.39, 0.29) is 3.58 Å². The van der Waals surface area contributed by atoms with E-state index >= 15 is 0 Å². The molecule has 0 N–H and O–H groups in total. The summed E-state index contributed by atoms with van der Waals surface area (Å²) in [6.07, 6.45) is 5.41. The predicted octanol–water partition coefficient (Wildman–Crippen LogP) is 6.30. The van der Waals surface area contributed by atoms with Crippen LogP contribution >= 0.6 is 0 Å². The van der Waals surface area contributed by atoms with Crippen LogP contribution in [-0.2, 0) is 0 Å². The zero-order chi connectivity index (χ0) is 17.5. The second-order valence-electron chi connectivity index (χ2n) is 6.43. The van der Waals surface area contributed by atoms with Crippen LogP contribution in [0.25, 0.3) is 0 Å². The van der Waals surface area contributed by atoms with Gasteiger partial charge in [-0.15, -0.1) is 0 Å². The summed E-state index contributed by atoms with van der Waals surface area (Å²) in [5.41, 5.74) is 0. The first-order chi connectivity index (χ1) is 10.9. The molecule has 1 aromatic carbocycles. The fraction of sp³-hybridized carbons (Fsp3) is 0.667. The van der Waals surface area contributed by atoms with Crippen molar-refractivity contribution < 1.29 is 17.6 Å². The topological polar surface area (TPSA) is 0 Å². The summed E-state index contributed by atoms with van der Waals surface area (Å²) in [4.78, 5) is 0. The van der Waals surface area contributed by atoms with E-state index in [1.165, 1.54) is 0 Å². The van der Waals surface area contributed by atoms with Gasteiger partial charge in [-0.25, -0.2) is 0 Å². The predicted molar refractivity (Wildman–Crippen MR) is 90.8 cm³/mol. The first-order valence-corrected chi connectivity index (χ1v) is 16.2. The van der Waals surface area contributed by atoms with Crippen LogP contribution in [0.5, 0.6) is 0 Å². The molecule has 0 aliphatic carbocycles. The molecule has 0 radical (unpaired) electrons. The van der Waals surface area contributed by atoms with E-state index in [1.54, 1.807) is 0 Å². The van der Waals surface area contributed by atoms with Crippen molar-refractivity contribution in [3.63, 3.8) is 0 Å². The van der Waals surface area contributed by atoms with Crippen molar-refractivity contribution in [2.24, 2.45) is 0 Å². The van der Waals surface area contributed by atoms with Crippen molar-refractivity contribution in [2.45, 2.75) is 72.6 Å². The second kappa shape index (κ2) is 9.90. The summed E-state index contributed by atoms with van der Waals surface area (Å²) in [6, 6.07) is 0.338. The van der Waals surface area contributed by atoms with E-state index in [2.05, 4.69) is 0 Å². The average Bonchev–Trinajstić information content (AvgIpc) is 2.54. The first kappa shape index (κ1) is 20.8. The van der Waals surface area contributed by atoms with Gasteiger partial charge < -0.3 is 0 Å². The Balaban J connectivity index is 3.46. The van der Waals surface area contributed by atoms with Gasteiger partial charge in [0.2, 0.25) is 0 Å². The molecule has 0 aliphatic rings. The molecule has 0 unspecified atom stereocenters. The van der Waals surface area contributed by atoms with E-state index in [9.17, 15) is 17.6 Å². The van der Waals surface area contributed by atoms with E-state index < -0.39 is 41.6 Å². The molecular weight excluding hydrogens is 411 g/mol. The van der Waals surface area contributed by atoms with Crippen molar-refractivity contribution in [3.8, 4) is 0 Å². The maximum atomic E-state index is 14.5. The zero-order valence-electron chi connectivity index (χ0n) is 14.5. The molecule has 0 atom stereocenters. The van der Waals surface area contributed by atoms with Gasteiger partial charge in [0.15, 0.2) is 0 Å². The van der Waals surface area contributed by atoms with Crippen LogP contribution in [-0.4, -0.2) is 18.4 Å². The van der Waals surface area contributed by atoms with Gasteiger partial charge in [-0.05, 0) is 0 Å². The molecule has 23 heavy (non-hydrogen) atoms. The molecule has 0 aromatic heterocycles. The SMILES string of the molecule is CCC[CH2][Sn]([CH2]CCC)([CH2]CCC)[c]1c(F)c(F)cc(F)c1F. The first-order valence-electron chi connectivity index (χ1n) is 8.77. The van der Waals surface area contributed by atoms with Crippen molar-refractivity contribution in [1.29, 1.82) is 0 Å². The van der Waals surface area contributed by atoms with Crippen LogP contribution < -0.4 is 3.58 Å². The number of unbranched alkanes of at least 4 members (excludes halogenated alkanes) is 3. The monoisotopic (exact) mass is 440 g/mol. The maximum absolute atomic E-state index is 14.5. The van der Waals surface area contributed by atoms with Gasteiger partial charge in [-0.2, -0.15) is 0 Å². The Hall–Kier alpha value is -0.261. The van der Waals surface area contributed by atoms with Crippen molar-refractivity contribution in [1.82, 2.24) is 0 Å². The van der Waals surface area contributed by atoms with Crippen molar-refractivity contribution in [2.75, 3.05) is 0 Å². The van der Waals surface area contributed by atoms with E-state index in [1.807, 2.05) is 20.8 Å². The van der Waals surface area contributed by atoms with Crippen molar-refractivity contribution in [3.05, 3.63) is 29.3 Å². The summed E-state index contributed by atoms with van der Waals surface area (Å²) >= 11 is -3.54. The van der Waals surface area contributed by atoms with Gasteiger partial charge in [0.05, 0.1) is 0 Å². The summed E-state index contributed by atoms with van der Waals surface area (Å²) in [5.74, 6) is -4.74. The summed E-state index contributed by atoms with van der Waals surface area (Å²) in [5, 5.41) is 0. The quantitative estimate of drug-likeness (QED) is 0.228. The number of hydrogen-bond donors (Lipinski definition) is 0. The minimum atomic E-state index is -3.54. The van der Waals surface area contributed by atoms with Crippen LogP contribution in [0.4, 0.5) is 17.6 Å². The van der Waals surface area contributed by atoms with Crippen LogP contribution in [0.15, 0.2) is 6.07 Å². The summed E-state index contributed by atoms with van der Waals surface area (Å²) < 4.78 is 58.7. The minimum absolute atomic E-state index is 0.160. The molecule has 0 amide bonds. The molecule has 0 bridgehead atoms. The second-order valence-corrected chi connectivity index (χ2v) is 19.5. The zero-order valence-corrected chi connectivity index (χ0v) is 17.3. The Morgan fingerprint density at radius 3 is 1.35 bits per heavy atom. The molecule has 5 heteroatoms. The van der Waals surface area contributed by atoms with Crippen LogP contribution in [0.2, 0.25) is 13.3 Å². The Kier molecular flexibility index (Phi) is 8.94. The molecule has 0 aliphatic heterocycles. The van der Waals surface area contributed by atoms with Crippen LogP contribution in [0.1, 0.15) is 59.3 Å². The van der Waals surface area contributed by atoms with Crippen LogP contribution in [0, 0.1) is 23.3 Å². The molecule has 132 valence electrons. The molecule has 0 saturated carbocycles. The van der Waals surface area contributed by atoms with E-state index in [4.69, 9.17) is 0 Å². The molecule has 0 saturated heterocycles. The third-order valence-corrected chi connectivity index (χ3v) is 20.2. The molecular formula is C18H28F4Sn. The Bertz CT molecular complexity index is 454. The normalized spacial score (nSPS) is 12.0. The molecule has 0 nitrogen and oxygen atoms in total. The Labute approximate surface area is 141 Å². The van der Waals surface area contributed by atoms with Gasteiger partial charge in [0.25, 0.3) is 0 Å². The van der Waals surface area contributed by atoms with Gasteiger partial charge in [-0.3, -0.25) is 0 Å². The molecule has 1 rings (SSSR count). The number of benzene rings is 1. The third-order valence-electron chi connectivity index (χ3n) is 4.67. The molecule has 0 fully saturated rings. The summed E-state index contributed by atoms with van der Waals surface area (Å²) in [6.45, 7) is 6.11. The number of hydrogen-bond acceptors (Lipinski definition) is 0. The van der Waals surface area contributed by atoms with Gasteiger partial charge in [0.1, 0.15) is 0 Å². The molecule has 0 heterocycles. The molecule has 1 aromatic rings. The Morgan fingerprint density at radius 2 is 1.04 bits per heavy atom. The number of rotatable bonds is 10. The van der Waals surface area contributed by atoms with E-state index in [0.717, 1.165) is 51.8 Å². The fourth-order valence-corrected chi connectivity index (χ4v) is 19.8. The Morgan fingerprint density at radius 1 is 0.696 bits per heavy atom. The van der Waals surface area contributed by atoms with Gasteiger partial charge in [-0.1, -0.05) is 0 Å². The average molecular weight is 439 g/mol. The third kappa shape index (κ3) is 5.10. The molecule has 0 spiro atoms. The van der Waals surface area contributed by atoms with E-state index in [0.29, 0.717) is 6.07 Å². The van der Waals surface area contributed by atoms with Gasteiger partial charge >= 0.3 is 141 Å².